The topological polar surface area (TPSA) is 58.6 Å². The number of benzene rings is 2. The number of ether oxygens (including phenoxy) is 1. The molecule has 3 rings (SSSR count). The van der Waals surface area contributed by atoms with Crippen LogP contribution in [0.4, 0.5) is 5.69 Å². The number of hydrogen-bond acceptors (Lipinski definition) is 3. The fraction of sp³-hybridized carbons (Fsp3) is 0.263. The van der Waals surface area contributed by atoms with Crippen LogP contribution in [0.1, 0.15) is 31.0 Å². The molecule has 26 heavy (non-hydrogen) atoms. The summed E-state index contributed by atoms with van der Waals surface area (Å²) in [5.74, 6) is 0.189. The summed E-state index contributed by atoms with van der Waals surface area (Å²) in [5.41, 5.74) is 1.98. The molecular formula is C19H18Cl2N2O3. The summed E-state index contributed by atoms with van der Waals surface area (Å²) in [6, 6.07) is 9.93. The molecule has 0 bridgehead atoms. The van der Waals surface area contributed by atoms with Crippen LogP contribution >= 0.6 is 23.2 Å². The zero-order chi connectivity index (χ0) is 18.8. The second-order valence-electron chi connectivity index (χ2n) is 5.93. The van der Waals surface area contributed by atoms with Gasteiger partial charge in [-0.15, -0.1) is 0 Å². The van der Waals surface area contributed by atoms with Crippen LogP contribution in [0.5, 0.6) is 5.75 Å². The summed E-state index contributed by atoms with van der Waals surface area (Å²) in [6.07, 6.45) is 0. The Balaban J connectivity index is 1.96. The molecule has 0 fully saturated rings. The molecule has 0 unspecified atom stereocenters. The van der Waals surface area contributed by atoms with Crippen LogP contribution in [-0.2, 0) is 16.1 Å². The van der Waals surface area contributed by atoms with Crippen molar-refractivity contribution in [3.63, 3.8) is 0 Å². The van der Waals surface area contributed by atoms with Crippen LogP contribution in [0.3, 0.4) is 0 Å². The molecule has 0 aromatic heterocycles. The molecule has 0 spiro atoms. The number of amides is 2. The van der Waals surface area contributed by atoms with E-state index in [1.165, 1.54) is 6.92 Å². The van der Waals surface area contributed by atoms with Gasteiger partial charge in [0.1, 0.15) is 11.8 Å². The van der Waals surface area contributed by atoms with E-state index in [4.69, 9.17) is 27.9 Å². The molecule has 5 nitrogen and oxygen atoms in total. The van der Waals surface area contributed by atoms with Gasteiger partial charge in [-0.2, -0.15) is 0 Å². The lowest BCUT2D eigenvalue weighted by molar-refractivity contribution is -0.126. The maximum absolute atomic E-state index is 12.9. The van der Waals surface area contributed by atoms with Crippen molar-refractivity contribution in [1.29, 1.82) is 0 Å². The van der Waals surface area contributed by atoms with E-state index >= 15 is 0 Å². The second-order valence-corrected chi connectivity index (χ2v) is 6.74. The Hall–Kier alpha value is -2.24. The molecule has 2 aromatic rings. The van der Waals surface area contributed by atoms with Gasteiger partial charge in [-0.05, 0) is 36.8 Å². The van der Waals surface area contributed by atoms with Crippen molar-refractivity contribution >= 4 is 40.7 Å². The Kier molecular flexibility index (Phi) is 5.39. The summed E-state index contributed by atoms with van der Waals surface area (Å²) in [5, 5.41) is 3.47. The highest BCUT2D eigenvalue weighted by Gasteiger charge is 2.41. The minimum Gasteiger partial charge on any atom is -0.494 e. The van der Waals surface area contributed by atoms with E-state index in [9.17, 15) is 9.59 Å². The van der Waals surface area contributed by atoms with E-state index in [-0.39, 0.29) is 11.8 Å². The standard InChI is InChI=1S/C19H18Cl2N2O3/c1-3-26-13-6-4-12(5-7-13)10-23-18-15(21)9-8-14(20)16(18)17(19(23)25)22-11(2)24/h4-9,17H,3,10H2,1-2H3,(H,22,24)/t17-/m0/s1. The number of carbonyl (C=O) groups excluding carboxylic acids is 2. The number of carbonyl (C=O) groups is 2. The average molecular weight is 393 g/mol. The van der Waals surface area contributed by atoms with Gasteiger partial charge >= 0.3 is 0 Å². The highest BCUT2D eigenvalue weighted by Crippen LogP contribution is 2.45. The number of halogens is 2. The van der Waals surface area contributed by atoms with Crippen LogP contribution < -0.4 is 15.0 Å². The first kappa shape index (κ1) is 18.5. The third kappa shape index (κ3) is 3.50. The molecule has 1 N–H and O–H groups in total. The van der Waals surface area contributed by atoms with Gasteiger partial charge in [-0.3, -0.25) is 9.59 Å². The number of nitrogens with zero attached hydrogens (tertiary/aromatic N) is 1. The van der Waals surface area contributed by atoms with Crippen LogP contribution in [0, 0.1) is 0 Å². The molecule has 2 aromatic carbocycles. The molecule has 2 amide bonds. The molecule has 1 heterocycles. The van der Waals surface area contributed by atoms with E-state index in [1.807, 2.05) is 31.2 Å². The fourth-order valence-electron chi connectivity index (χ4n) is 3.03. The van der Waals surface area contributed by atoms with E-state index in [0.717, 1.165) is 11.3 Å². The van der Waals surface area contributed by atoms with Crippen molar-refractivity contribution in [2.75, 3.05) is 11.5 Å². The van der Waals surface area contributed by atoms with Crippen LogP contribution in [0.15, 0.2) is 36.4 Å². The van der Waals surface area contributed by atoms with Crippen molar-refractivity contribution in [3.8, 4) is 5.75 Å². The lowest BCUT2D eigenvalue weighted by atomic mass is 10.1. The Labute approximate surface area is 161 Å². The highest BCUT2D eigenvalue weighted by atomic mass is 35.5. The lowest BCUT2D eigenvalue weighted by Crippen LogP contribution is -2.36. The first-order chi connectivity index (χ1) is 12.4. The molecule has 0 radical (unpaired) electrons. The van der Waals surface area contributed by atoms with Gasteiger partial charge in [0.15, 0.2) is 0 Å². The predicted octanol–water partition coefficient (Wildman–Crippen LogP) is 4.12. The predicted molar refractivity (Wildman–Crippen MR) is 102 cm³/mol. The third-order valence-corrected chi connectivity index (χ3v) is 4.74. The summed E-state index contributed by atoms with van der Waals surface area (Å²) in [6.45, 7) is 4.18. The van der Waals surface area contributed by atoms with Crippen molar-refractivity contribution in [2.24, 2.45) is 0 Å². The van der Waals surface area contributed by atoms with E-state index in [1.54, 1.807) is 17.0 Å². The molecule has 0 saturated heterocycles. The highest BCUT2D eigenvalue weighted by molar-refractivity contribution is 6.38. The minimum absolute atomic E-state index is 0.265. The minimum atomic E-state index is -0.837. The number of rotatable bonds is 5. The normalized spacial score (nSPS) is 15.8. The first-order valence-electron chi connectivity index (χ1n) is 8.20. The molecule has 1 atom stereocenters. The SMILES string of the molecule is CCOc1ccc(CN2C(=O)[C@@H](NC(C)=O)c3c(Cl)ccc(Cl)c32)cc1. The fourth-order valence-corrected chi connectivity index (χ4v) is 3.56. The Morgan fingerprint density at radius 1 is 1.15 bits per heavy atom. The van der Waals surface area contributed by atoms with Crippen LogP contribution in [-0.4, -0.2) is 18.4 Å². The molecule has 7 heteroatoms. The molecule has 1 aliphatic rings. The average Bonchev–Trinajstić information content (AvgIpc) is 2.87. The van der Waals surface area contributed by atoms with Crippen molar-refractivity contribution in [1.82, 2.24) is 5.32 Å². The summed E-state index contributed by atoms with van der Waals surface area (Å²) >= 11 is 12.7. The maximum Gasteiger partial charge on any atom is 0.254 e. The quantitative estimate of drug-likeness (QED) is 0.832. The van der Waals surface area contributed by atoms with Crippen molar-refractivity contribution in [3.05, 3.63) is 57.6 Å². The maximum atomic E-state index is 12.9. The zero-order valence-electron chi connectivity index (χ0n) is 14.4. The molecule has 136 valence electrons. The largest absolute Gasteiger partial charge is 0.494 e. The van der Waals surface area contributed by atoms with Crippen molar-refractivity contribution < 1.29 is 14.3 Å². The molecule has 0 saturated carbocycles. The zero-order valence-corrected chi connectivity index (χ0v) is 15.9. The smallest absolute Gasteiger partial charge is 0.254 e. The monoisotopic (exact) mass is 392 g/mol. The Morgan fingerprint density at radius 2 is 1.81 bits per heavy atom. The van der Waals surface area contributed by atoms with Crippen LogP contribution in [0.25, 0.3) is 0 Å². The Morgan fingerprint density at radius 3 is 2.42 bits per heavy atom. The Bertz CT molecular complexity index is 853. The summed E-state index contributed by atoms with van der Waals surface area (Å²) in [4.78, 5) is 26.0. The molecular weight excluding hydrogens is 375 g/mol. The number of fused-ring (bicyclic) bond motifs is 1. The van der Waals surface area contributed by atoms with Gasteiger partial charge in [0.2, 0.25) is 5.91 Å². The third-order valence-electron chi connectivity index (χ3n) is 4.11. The van der Waals surface area contributed by atoms with E-state index < -0.39 is 6.04 Å². The number of nitrogens with one attached hydrogen (secondary N) is 1. The van der Waals surface area contributed by atoms with Gasteiger partial charge < -0.3 is 15.0 Å². The van der Waals surface area contributed by atoms with Crippen molar-refractivity contribution in [2.45, 2.75) is 26.4 Å². The van der Waals surface area contributed by atoms with Gasteiger partial charge in [-0.25, -0.2) is 0 Å². The summed E-state index contributed by atoms with van der Waals surface area (Å²) in [7, 11) is 0. The second kappa shape index (κ2) is 7.56. The van der Waals surface area contributed by atoms with E-state index in [2.05, 4.69) is 5.32 Å². The summed E-state index contributed by atoms with van der Waals surface area (Å²) < 4.78 is 5.44. The van der Waals surface area contributed by atoms with Gasteiger partial charge in [-0.1, -0.05) is 35.3 Å². The van der Waals surface area contributed by atoms with Gasteiger partial charge in [0, 0.05) is 17.5 Å². The van der Waals surface area contributed by atoms with E-state index in [0.29, 0.717) is 34.4 Å². The number of hydrogen-bond donors (Lipinski definition) is 1. The van der Waals surface area contributed by atoms with Gasteiger partial charge in [0.25, 0.3) is 5.91 Å². The molecule has 1 aliphatic heterocycles. The molecule has 0 aliphatic carbocycles. The first-order valence-corrected chi connectivity index (χ1v) is 8.96. The van der Waals surface area contributed by atoms with Gasteiger partial charge in [0.05, 0.1) is 23.9 Å². The number of anilines is 1. The lowest BCUT2D eigenvalue weighted by Gasteiger charge is -2.19. The van der Waals surface area contributed by atoms with Crippen LogP contribution in [0.2, 0.25) is 10.0 Å².